The van der Waals surface area contributed by atoms with E-state index in [9.17, 15) is 0 Å². The van der Waals surface area contributed by atoms with Gasteiger partial charge in [0, 0.05) is 36.2 Å². The number of nitrogens with zero attached hydrogens (tertiary/aromatic N) is 1. The van der Waals surface area contributed by atoms with Crippen molar-refractivity contribution in [3.05, 3.63) is 22.4 Å². The smallest absolute Gasteiger partial charge is 0.0482 e. The van der Waals surface area contributed by atoms with Crippen LogP contribution in [0.25, 0.3) is 0 Å². The molecule has 0 bridgehead atoms. The van der Waals surface area contributed by atoms with Crippen LogP contribution in [0.15, 0.2) is 16.8 Å². The van der Waals surface area contributed by atoms with Crippen LogP contribution in [-0.2, 0) is 0 Å². The van der Waals surface area contributed by atoms with Crippen LogP contribution in [0.3, 0.4) is 0 Å². The Morgan fingerprint density at radius 2 is 2.38 bits per heavy atom. The summed E-state index contributed by atoms with van der Waals surface area (Å²) < 4.78 is 0. The number of thioether (sulfide) groups is 1. The third-order valence-corrected chi connectivity index (χ3v) is 5.52. The molecule has 1 aromatic rings. The van der Waals surface area contributed by atoms with Gasteiger partial charge < -0.3 is 5.73 Å². The van der Waals surface area contributed by atoms with E-state index in [1.165, 1.54) is 11.3 Å². The van der Waals surface area contributed by atoms with Crippen LogP contribution in [0.5, 0.6) is 0 Å². The molecular weight excluding hydrogens is 236 g/mol. The topological polar surface area (TPSA) is 29.3 Å². The van der Waals surface area contributed by atoms with E-state index in [0.717, 1.165) is 13.1 Å². The number of thiophene rings is 1. The SMILES string of the molecule is CC1SCCN(C(CN)c2ccsc2)C1C. The molecule has 3 unspecified atom stereocenters. The molecule has 0 saturated carbocycles. The summed E-state index contributed by atoms with van der Waals surface area (Å²) in [4.78, 5) is 2.57. The quantitative estimate of drug-likeness (QED) is 0.901. The van der Waals surface area contributed by atoms with Gasteiger partial charge in [0.2, 0.25) is 0 Å². The van der Waals surface area contributed by atoms with E-state index in [1.807, 2.05) is 0 Å². The predicted octanol–water partition coefficient (Wildman–Crippen LogP) is 2.57. The molecule has 90 valence electrons. The van der Waals surface area contributed by atoms with Crippen LogP contribution in [0.2, 0.25) is 0 Å². The highest BCUT2D eigenvalue weighted by Crippen LogP contribution is 2.31. The number of hydrogen-bond donors (Lipinski definition) is 1. The largest absolute Gasteiger partial charge is 0.329 e. The van der Waals surface area contributed by atoms with Crippen molar-refractivity contribution >= 4 is 23.1 Å². The Hall–Kier alpha value is -0.0300. The van der Waals surface area contributed by atoms with Gasteiger partial charge in [0.25, 0.3) is 0 Å². The molecule has 2 heterocycles. The predicted molar refractivity (Wildman–Crippen MR) is 74.2 cm³/mol. The molecule has 1 aliphatic heterocycles. The van der Waals surface area contributed by atoms with Crippen molar-refractivity contribution in [1.29, 1.82) is 0 Å². The molecule has 2 nitrogen and oxygen atoms in total. The van der Waals surface area contributed by atoms with Crippen molar-refractivity contribution in [2.24, 2.45) is 5.73 Å². The normalized spacial score (nSPS) is 29.2. The summed E-state index contributed by atoms with van der Waals surface area (Å²) in [5.74, 6) is 1.23. The first-order valence-electron chi connectivity index (χ1n) is 5.83. The lowest BCUT2D eigenvalue weighted by Crippen LogP contribution is -2.48. The van der Waals surface area contributed by atoms with Crippen molar-refractivity contribution in [3.63, 3.8) is 0 Å². The van der Waals surface area contributed by atoms with Crippen molar-refractivity contribution < 1.29 is 0 Å². The van der Waals surface area contributed by atoms with Crippen LogP contribution in [0.1, 0.15) is 25.5 Å². The molecule has 3 atom stereocenters. The molecule has 0 aromatic carbocycles. The minimum absolute atomic E-state index is 0.407. The zero-order valence-electron chi connectivity index (χ0n) is 9.93. The van der Waals surface area contributed by atoms with Crippen LogP contribution >= 0.6 is 23.1 Å². The summed E-state index contributed by atoms with van der Waals surface area (Å²) in [6, 6.07) is 3.23. The Morgan fingerprint density at radius 1 is 1.56 bits per heavy atom. The van der Waals surface area contributed by atoms with E-state index < -0.39 is 0 Å². The van der Waals surface area contributed by atoms with Gasteiger partial charge >= 0.3 is 0 Å². The van der Waals surface area contributed by atoms with Gasteiger partial charge in [-0.2, -0.15) is 23.1 Å². The van der Waals surface area contributed by atoms with E-state index in [2.05, 4.69) is 47.3 Å². The average Bonchev–Trinajstić information content (AvgIpc) is 2.79. The third-order valence-electron chi connectivity index (χ3n) is 3.48. The molecular formula is C12H20N2S2. The van der Waals surface area contributed by atoms with E-state index in [4.69, 9.17) is 5.73 Å². The Kier molecular flexibility index (Phi) is 4.30. The molecule has 0 radical (unpaired) electrons. The van der Waals surface area contributed by atoms with Gasteiger partial charge in [-0.1, -0.05) is 6.92 Å². The van der Waals surface area contributed by atoms with Crippen LogP contribution in [0.4, 0.5) is 0 Å². The van der Waals surface area contributed by atoms with Crippen molar-refractivity contribution in [2.45, 2.75) is 31.2 Å². The van der Waals surface area contributed by atoms with Crippen LogP contribution in [-0.4, -0.2) is 35.0 Å². The highest BCUT2D eigenvalue weighted by molar-refractivity contribution is 8.00. The van der Waals surface area contributed by atoms with Crippen molar-refractivity contribution in [2.75, 3.05) is 18.8 Å². The number of rotatable bonds is 3. The standard InChI is InChI=1S/C12H20N2S2/c1-9-10(2)16-6-4-14(9)12(7-13)11-3-5-15-8-11/h3,5,8-10,12H,4,6-7,13H2,1-2H3. The summed E-state index contributed by atoms with van der Waals surface area (Å²) in [7, 11) is 0. The molecule has 2 rings (SSSR count). The first-order valence-corrected chi connectivity index (χ1v) is 7.82. The summed E-state index contributed by atoms with van der Waals surface area (Å²) in [5, 5.41) is 5.09. The highest BCUT2D eigenvalue weighted by atomic mass is 32.2. The maximum atomic E-state index is 5.96. The van der Waals surface area contributed by atoms with Gasteiger partial charge in [-0.05, 0) is 29.3 Å². The minimum Gasteiger partial charge on any atom is -0.329 e. The summed E-state index contributed by atoms with van der Waals surface area (Å²) in [5.41, 5.74) is 7.35. The molecule has 0 amide bonds. The summed E-state index contributed by atoms with van der Waals surface area (Å²) in [6.45, 7) is 6.53. The van der Waals surface area contributed by atoms with Crippen LogP contribution < -0.4 is 5.73 Å². The molecule has 2 N–H and O–H groups in total. The first-order chi connectivity index (χ1) is 7.74. The van der Waals surface area contributed by atoms with E-state index in [0.29, 0.717) is 17.3 Å². The number of nitrogens with two attached hydrogens (primary N) is 1. The molecule has 1 aliphatic rings. The van der Waals surface area contributed by atoms with E-state index in [1.54, 1.807) is 11.3 Å². The second-order valence-corrected chi connectivity index (χ2v) is 6.63. The first kappa shape index (κ1) is 12.4. The Balaban J connectivity index is 2.14. The van der Waals surface area contributed by atoms with Crippen molar-refractivity contribution in [3.8, 4) is 0 Å². The number of hydrogen-bond acceptors (Lipinski definition) is 4. The fraction of sp³-hybridized carbons (Fsp3) is 0.667. The average molecular weight is 256 g/mol. The molecule has 1 saturated heterocycles. The molecule has 4 heteroatoms. The van der Waals surface area contributed by atoms with Gasteiger partial charge in [0.05, 0.1) is 0 Å². The minimum atomic E-state index is 0.407. The Labute approximate surface area is 106 Å². The van der Waals surface area contributed by atoms with Gasteiger partial charge in [-0.25, -0.2) is 0 Å². The Bertz CT molecular complexity index is 313. The fourth-order valence-electron chi connectivity index (χ4n) is 2.32. The van der Waals surface area contributed by atoms with Gasteiger partial charge in [-0.3, -0.25) is 4.90 Å². The maximum Gasteiger partial charge on any atom is 0.0482 e. The Morgan fingerprint density at radius 3 is 3.00 bits per heavy atom. The van der Waals surface area contributed by atoms with Gasteiger partial charge in [-0.15, -0.1) is 0 Å². The lowest BCUT2D eigenvalue weighted by atomic mass is 10.1. The lowest BCUT2D eigenvalue weighted by molar-refractivity contribution is 0.151. The molecule has 1 aromatic heterocycles. The summed E-state index contributed by atoms with van der Waals surface area (Å²) in [6.07, 6.45) is 0. The second-order valence-electron chi connectivity index (χ2n) is 4.36. The summed E-state index contributed by atoms with van der Waals surface area (Å²) >= 11 is 3.84. The monoisotopic (exact) mass is 256 g/mol. The van der Waals surface area contributed by atoms with Crippen molar-refractivity contribution in [1.82, 2.24) is 4.90 Å². The second kappa shape index (κ2) is 5.54. The van der Waals surface area contributed by atoms with Gasteiger partial charge in [0.15, 0.2) is 0 Å². The molecule has 1 fully saturated rings. The van der Waals surface area contributed by atoms with E-state index >= 15 is 0 Å². The fourth-order valence-corrected chi connectivity index (χ4v) is 4.15. The van der Waals surface area contributed by atoms with Crippen LogP contribution in [0, 0.1) is 0 Å². The maximum absolute atomic E-state index is 5.96. The highest BCUT2D eigenvalue weighted by Gasteiger charge is 2.30. The lowest BCUT2D eigenvalue weighted by Gasteiger charge is -2.42. The zero-order valence-corrected chi connectivity index (χ0v) is 11.6. The molecule has 16 heavy (non-hydrogen) atoms. The zero-order chi connectivity index (χ0) is 11.5. The third kappa shape index (κ3) is 2.45. The molecule has 0 aliphatic carbocycles. The van der Waals surface area contributed by atoms with E-state index in [-0.39, 0.29) is 0 Å². The molecule has 0 spiro atoms. The van der Waals surface area contributed by atoms with Gasteiger partial charge in [0.1, 0.15) is 0 Å².